The van der Waals surface area contributed by atoms with Gasteiger partial charge in [-0.2, -0.15) is 8.78 Å². The Morgan fingerprint density at radius 3 is 2.36 bits per heavy atom. The molecule has 2 aromatic carbocycles. The first-order valence-corrected chi connectivity index (χ1v) is 8.64. The van der Waals surface area contributed by atoms with E-state index in [1.807, 2.05) is 30.3 Å². The molecule has 0 spiro atoms. The molecule has 0 bridgehead atoms. The van der Waals surface area contributed by atoms with Crippen molar-refractivity contribution in [3.63, 3.8) is 0 Å². The van der Waals surface area contributed by atoms with Crippen molar-refractivity contribution in [1.29, 1.82) is 0 Å². The van der Waals surface area contributed by atoms with Crippen LogP contribution in [0.15, 0.2) is 60.7 Å². The molecule has 0 saturated carbocycles. The average Bonchev–Trinajstić information content (AvgIpc) is 2.66. The SMILES string of the molecule is CN(C)C(=O)C(Cc1ccccc1)NC(=O)/C=C/c1ccccc1OC(F)F. The summed E-state index contributed by atoms with van der Waals surface area (Å²) in [5, 5.41) is 2.67. The number of carbonyl (C=O) groups excluding carboxylic acids is 2. The Morgan fingerprint density at radius 1 is 1.07 bits per heavy atom. The van der Waals surface area contributed by atoms with E-state index in [-0.39, 0.29) is 11.7 Å². The Labute approximate surface area is 162 Å². The minimum Gasteiger partial charge on any atom is -0.434 e. The highest BCUT2D eigenvalue weighted by atomic mass is 19.3. The van der Waals surface area contributed by atoms with Gasteiger partial charge < -0.3 is 15.0 Å². The van der Waals surface area contributed by atoms with Gasteiger partial charge in [-0.3, -0.25) is 9.59 Å². The molecule has 0 heterocycles. The van der Waals surface area contributed by atoms with Gasteiger partial charge in [-0.1, -0.05) is 48.5 Å². The molecule has 1 atom stereocenters. The third-order valence-corrected chi connectivity index (χ3v) is 3.89. The van der Waals surface area contributed by atoms with E-state index in [9.17, 15) is 18.4 Å². The summed E-state index contributed by atoms with van der Waals surface area (Å²) in [6.45, 7) is -2.96. The van der Waals surface area contributed by atoms with Crippen molar-refractivity contribution in [2.75, 3.05) is 14.1 Å². The van der Waals surface area contributed by atoms with E-state index in [1.54, 1.807) is 32.3 Å². The molecule has 0 aliphatic carbocycles. The maximum Gasteiger partial charge on any atom is 0.387 e. The average molecular weight is 388 g/mol. The first-order valence-electron chi connectivity index (χ1n) is 8.64. The first-order chi connectivity index (χ1) is 13.4. The van der Waals surface area contributed by atoms with Gasteiger partial charge in [0.25, 0.3) is 0 Å². The van der Waals surface area contributed by atoms with E-state index >= 15 is 0 Å². The van der Waals surface area contributed by atoms with Gasteiger partial charge in [0.2, 0.25) is 11.8 Å². The minimum absolute atomic E-state index is 0.0354. The van der Waals surface area contributed by atoms with Gasteiger partial charge in [-0.15, -0.1) is 0 Å². The monoisotopic (exact) mass is 388 g/mol. The van der Waals surface area contributed by atoms with Gasteiger partial charge in [0, 0.05) is 32.2 Å². The van der Waals surface area contributed by atoms with E-state index in [0.717, 1.165) is 5.56 Å². The number of halogens is 2. The number of hydrogen-bond donors (Lipinski definition) is 1. The highest BCUT2D eigenvalue weighted by Gasteiger charge is 2.22. The summed E-state index contributed by atoms with van der Waals surface area (Å²) in [5.74, 6) is -0.790. The Bertz CT molecular complexity index is 823. The molecular weight excluding hydrogens is 366 g/mol. The van der Waals surface area contributed by atoms with E-state index in [2.05, 4.69) is 10.1 Å². The zero-order valence-electron chi connectivity index (χ0n) is 15.6. The van der Waals surface area contributed by atoms with Crippen LogP contribution < -0.4 is 10.1 Å². The summed E-state index contributed by atoms with van der Waals surface area (Å²) in [5.41, 5.74) is 1.24. The number of nitrogens with one attached hydrogen (secondary N) is 1. The largest absolute Gasteiger partial charge is 0.434 e. The molecular formula is C21H22F2N2O3. The number of amides is 2. The topological polar surface area (TPSA) is 58.6 Å². The number of likely N-dealkylation sites (N-methyl/N-ethyl adjacent to an activating group) is 1. The fourth-order valence-electron chi connectivity index (χ4n) is 2.57. The molecule has 28 heavy (non-hydrogen) atoms. The van der Waals surface area contributed by atoms with Crippen molar-refractivity contribution in [3.05, 3.63) is 71.8 Å². The quantitative estimate of drug-likeness (QED) is 0.707. The highest BCUT2D eigenvalue weighted by Crippen LogP contribution is 2.21. The molecule has 0 fully saturated rings. The van der Waals surface area contributed by atoms with Crippen molar-refractivity contribution in [2.45, 2.75) is 19.1 Å². The maximum absolute atomic E-state index is 12.5. The van der Waals surface area contributed by atoms with E-state index in [1.165, 1.54) is 23.1 Å². The number of ether oxygens (including phenoxy) is 1. The number of benzene rings is 2. The van der Waals surface area contributed by atoms with Crippen molar-refractivity contribution in [3.8, 4) is 5.75 Å². The lowest BCUT2D eigenvalue weighted by atomic mass is 10.0. The third-order valence-electron chi connectivity index (χ3n) is 3.89. The predicted molar refractivity (Wildman–Crippen MR) is 103 cm³/mol. The molecule has 1 unspecified atom stereocenters. The standard InChI is InChI=1S/C21H22F2N2O3/c1-25(2)20(27)17(14-15-8-4-3-5-9-15)24-19(26)13-12-16-10-6-7-11-18(16)28-21(22)23/h3-13,17,21H,14H2,1-2H3,(H,24,26)/b13-12+. The van der Waals surface area contributed by atoms with Crippen molar-refractivity contribution in [1.82, 2.24) is 10.2 Å². The van der Waals surface area contributed by atoms with E-state index in [4.69, 9.17) is 0 Å². The second kappa shape index (κ2) is 10.2. The third kappa shape index (κ3) is 6.50. The highest BCUT2D eigenvalue weighted by molar-refractivity contribution is 5.95. The normalized spacial score (nSPS) is 12.0. The van der Waals surface area contributed by atoms with Crippen LogP contribution >= 0.6 is 0 Å². The molecule has 1 N–H and O–H groups in total. The Kier molecular flexibility index (Phi) is 7.68. The summed E-state index contributed by atoms with van der Waals surface area (Å²) in [4.78, 5) is 26.1. The Balaban J connectivity index is 2.11. The summed E-state index contributed by atoms with van der Waals surface area (Å²) in [6, 6.07) is 14.7. The number of hydrogen-bond acceptors (Lipinski definition) is 3. The smallest absolute Gasteiger partial charge is 0.387 e. The number of para-hydroxylation sites is 1. The molecule has 0 radical (unpaired) electrons. The predicted octanol–water partition coefficient (Wildman–Crippen LogP) is 3.12. The van der Waals surface area contributed by atoms with Gasteiger partial charge in [0.05, 0.1) is 0 Å². The van der Waals surface area contributed by atoms with E-state index in [0.29, 0.717) is 12.0 Å². The lowest BCUT2D eigenvalue weighted by Gasteiger charge is -2.21. The molecule has 0 aromatic heterocycles. The number of rotatable bonds is 8. The van der Waals surface area contributed by atoms with Crippen LogP contribution in [0.1, 0.15) is 11.1 Å². The van der Waals surface area contributed by atoms with Crippen molar-refractivity contribution < 1.29 is 23.1 Å². The van der Waals surface area contributed by atoms with E-state index < -0.39 is 18.6 Å². The van der Waals surface area contributed by atoms with Crippen LogP contribution in [-0.2, 0) is 16.0 Å². The number of alkyl halides is 2. The molecule has 2 aromatic rings. The zero-order chi connectivity index (χ0) is 20.5. The molecule has 7 heteroatoms. The molecule has 5 nitrogen and oxygen atoms in total. The lowest BCUT2D eigenvalue weighted by molar-refractivity contribution is -0.133. The van der Waals surface area contributed by atoms with Crippen LogP contribution in [0.3, 0.4) is 0 Å². The summed E-state index contributed by atoms with van der Waals surface area (Å²) in [6.07, 6.45) is 2.89. The van der Waals surface area contributed by atoms with Crippen LogP contribution in [0.5, 0.6) is 5.75 Å². The lowest BCUT2D eigenvalue weighted by Crippen LogP contribution is -2.47. The zero-order valence-corrected chi connectivity index (χ0v) is 15.6. The molecule has 0 aliphatic heterocycles. The number of carbonyl (C=O) groups is 2. The van der Waals surface area contributed by atoms with Crippen molar-refractivity contribution in [2.24, 2.45) is 0 Å². The van der Waals surface area contributed by atoms with Gasteiger partial charge in [0.15, 0.2) is 0 Å². The van der Waals surface area contributed by atoms with Gasteiger partial charge in [-0.25, -0.2) is 0 Å². The Morgan fingerprint density at radius 2 is 1.71 bits per heavy atom. The first kappa shape index (κ1) is 21.1. The molecule has 2 rings (SSSR count). The van der Waals surface area contributed by atoms with Gasteiger partial charge in [0.1, 0.15) is 11.8 Å². The fourth-order valence-corrected chi connectivity index (χ4v) is 2.57. The number of nitrogens with zero attached hydrogens (tertiary/aromatic N) is 1. The van der Waals surface area contributed by atoms with Crippen LogP contribution in [0.2, 0.25) is 0 Å². The molecule has 2 amide bonds. The Hall–Kier alpha value is -3.22. The van der Waals surface area contributed by atoms with Crippen LogP contribution in [-0.4, -0.2) is 43.5 Å². The summed E-state index contributed by atoms with van der Waals surface area (Å²) in [7, 11) is 3.22. The van der Waals surface area contributed by atoms with Gasteiger partial charge in [-0.05, 0) is 17.7 Å². The maximum atomic E-state index is 12.5. The second-order valence-corrected chi connectivity index (χ2v) is 6.23. The van der Waals surface area contributed by atoms with Crippen LogP contribution in [0.4, 0.5) is 8.78 Å². The molecule has 148 valence electrons. The molecule has 0 saturated heterocycles. The summed E-state index contributed by atoms with van der Waals surface area (Å²) >= 11 is 0. The summed E-state index contributed by atoms with van der Waals surface area (Å²) < 4.78 is 29.4. The minimum atomic E-state index is -2.96. The molecule has 0 aliphatic rings. The fraction of sp³-hybridized carbons (Fsp3) is 0.238. The van der Waals surface area contributed by atoms with Crippen LogP contribution in [0, 0.1) is 0 Å². The van der Waals surface area contributed by atoms with Gasteiger partial charge >= 0.3 is 6.61 Å². The van der Waals surface area contributed by atoms with Crippen molar-refractivity contribution >= 4 is 17.9 Å². The van der Waals surface area contributed by atoms with Crippen LogP contribution in [0.25, 0.3) is 6.08 Å². The second-order valence-electron chi connectivity index (χ2n) is 6.23.